The van der Waals surface area contributed by atoms with Crippen molar-refractivity contribution >= 4 is 5.97 Å². The second kappa shape index (κ2) is 5.59. The zero-order chi connectivity index (χ0) is 14.0. The molecule has 1 heterocycles. The number of nitrogens with zero attached hydrogens (tertiary/aromatic N) is 1. The van der Waals surface area contributed by atoms with Crippen LogP contribution in [0.25, 0.3) is 0 Å². The van der Waals surface area contributed by atoms with E-state index in [1.54, 1.807) is 6.07 Å². The van der Waals surface area contributed by atoms with Crippen LogP contribution in [-0.2, 0) is 12.8 Å². The van der Waals surface area contributed by atoms with E-state index in [0.717, 1.165) is 36.9 Å². The molecule has 0 bridgehead atoms. The molecule has 1 unspecified atom stereocenters. The van der Waals surface area contributed by atoms with Gasteiger partial charge >= 0.3 is 5.97 Å². The highest BCUT2D eigenvalue weighted by molar-refractivity contribution is 5.90. The number of ether oxygens (including phenoxy) is 1. The predicted molar refractivity (Wildman–Crippen MR) is 72.8 cm³/mol. The number of fused-ring (bicyclic) bond motifs is 1. The minimum absolute atomic E-state index is 0.0489. The van der Waals surface area contributed by atoms with E-state index in [1.165, 1.54) is 0 Å². The fourth-order valence-corrected chi connectivity index (χ4v) is 2.17. The number of hydrogen-bond acceptors (Lipinski definition) is 3. The smallest absolute Gasteiger partial charge is 0.341 e. The average Bonchev–Trinajstić information content (AvgIpc) is 2.37. The Morgan fingerprint density at radius 2 is 2.00 bits per heavy atom. The SMILES string of the molecule is CC(C)C(C)Oc1nc2c(cc1C(=O)O)CCCC2. The maximum Gasteiger partial charge on any atom is 0.341 e. The molecule has 0 saturated carbocycles. The Bertz CT molecular complexity index is 483. The minimum Gasteiger partial charge on any atom is -0.477 e. The first-order valence-corrected chi connectivity index (χ1v) is 6.91. The largest absolute Gasteiger partial charge is 0.477 e. The van der Waals surface area contributed by atoms with Gasteiger partial charge in [-0.1, -0.05) is 13.8 Å². The van der Waals surface area contributed by atoms with Crippen molar-refractivity contribution in [3.63, 3.8) is 0 Å². The van der Waals surface area contributed by atoms with Crippen LogP contribution in [0.2, 0.25) is 0 Å². The number of hydrogen-bond donors (Lipinski definition) is 1. The molecule has 0 aromatic carbocycles. The number of aryl methyl sites for hydroxylation is 2. The molecule has 0 aliphatic heterocycles. The molecule has 4 heteroatoms. The van der Waals surface area contributed by atoms with Crippen LogP contribution in [-0.4, -0.2) is 22.2 Å². The van der Waals surface area contributed by atoms with E-state index in [2.05, 4.69) is 4.98 Å². The summed E-state index contributed by atoms with van der Waals surface area (Å²) in [4.78, 5) is 15.8. The monoisotopic (exact) mass is 263 g/mol. The van der Waals surface area contributed by atoms with Crippen LogP contribution in [0.15, 0.2) is 6.07 Å². The van der Waals surface area contributed by atoms with Crippen LogP contribution in [0.1, 0.15) is 55.2 Å². The number of carbonyl (C=O) groups is 1. The maximum atomic E-state index is 11.3. The van der Waals surface area contributed by atoms with E-state index < -0.39 is 5.97 Å². The van der Waals surface area contributed by atoms with Gasteiger partial charge in [0.15, 0.2) is 0 Å². The number of pyridine rings is 1. The molecule has 0 saturated heterocycles. The van der Waals surface area contributed by atoms with Crippen LogP contribution in [0.4, 0.5) is 0 Å². The molecule has 4 nitrogen and oxygen atoms in total. The van der Waals surface area contributed by atoms with Gasteiger partial charge in [0.2, 0.25) is 5.88 Å². The summed E-state index contributed by atoms with van der Waals surface area (Å²) in [6.45, 7) is 6.03. The first-order chi connectivity index (χ1) is 8.99. The minimum atomic E-state index is -0.966. The third-order valence-electron chi connectivity index (χ3n) is 3.73. The maximum absolute atomic E-state index is 11.3. The lowest BCUT2D eigenvalue weighted by Crippen LogP contribution is -2.22. The van der Waals surface area contributed by atoms with Crippen LogP contribution in [0.5, 0.6) is 5.88 Å². The van der Waals surface area contributed by atoms with Crippen LogP contribution < -0.4 is 4.74 Å². The van der Waals surface area contributed by atoms with E-state index in [-0.39, 0.29) is 17.5 Å². The molecule has 1 atom stereocenters. The van der Waals surface area contributed by atoms with Crippen molar-refractivity contribution in [3.8, 4) is 5.88 Å². The van der Waals surface area contributed by atoms with Gasteiger partial charge in [-0.25, -0.2) is 9.78 Å². The number of carboxylic acid groups (broad SMARTS) is 1. The van der Waals surface area contributed by atoms with Crippen molar-refractivity contribution in [1.82, 2.24) is 4.98 Å². The average molecular weight is 263 g/mol. The van der Waals surface area contributed by atoms with Crippen molar-refractivity contribution in [2.45, 2.75) is 52.6 Å². The van der Waals surface area contributed by atoms with E-state index in [9.17, 15) is 9.90 Å². The Morgan fingerprint density at radius 3 is 2.63 bits per heavy atom. The van der Waals surface area contributed by atoms with Crippen LogP contribution in [0, 0.1) is 5.92 Å². The van der Waals surface area contributed by atoms with E-state index in [1.807, 2.05) is 20.8 Å². The molecule has 19 heavy (non-hydrogen) atoms. The number of carboxylic acids is 1. The Kier molecular flexibility index (Phi) is 4.08. The molecule has 1 aliphatic rings. The summed E-state index contributed by atoms with van der Waals surface area (Å²) >= 11 is 0. The molecule has 1 aromatic heterocycles. The number of aromatic carboxylic acids is 1. The summed E-state index contributed by atoms with van der Waals surface area (Å²) in [5, 5.41) is 9.30. The summed E-state index contributed by atoms with van der Waals surface area (Å²) in [6.07, 6.45) is 4.01. The Labute approximate surface area is 113 Å². The summed E-state index contributed by atoms with van der Waals surface area (Å²) in [6, 6.07) is 1.74. The van der Waals surface area contributed by atoms with E-state index in [0.29, 0.717) is 5.92 Å². The fourth-order valence-electron chi connectivity index (χ4n) is 2.17. The zero-order valence-electron chi connectivity index (χ0n) is 11.8. The van der Waals surface area contributed by atoms with Crippen molar-refractivity contribution < 1.29 is 14.6 Å². The molecule has 0 spiro atoms. The normalized spacial score (nSPS) is 16.0. The second-order valence-electron chi connectivity index (χ2n) is 5.53. The second-order valence-corrected chi connectivity index (χ2v) is 5.53. The van der Waals surface area contributed by atoms with Crippen LogP contribution >= 0.6 is 0 Å². The summed E-state index contributed by atoms with van der Waals surface area (Å²) in [5.74, 6) is -0.374. The van der Waals surface area contributed by atoms with Gasteiger partial charge in [-0.15, -0.1) is 0 Å². The first-order valence-electron chi connectivity index (χ1n) is 6.91. The topological polar surface area (TPSA) is 59.4 Å². The highest BCUT2D eigenvalue weighted by atomic mass is 16.5. The lowest BCUT2D eigenvalue weighted by atomic mass is 9.95. The Hall–Kier alpha value is -1.58. The van der Waals surface area contributed by atoms with Crippen molar-refractivity contribution in [2.24, 2.45) is 5.92 Å². The molecule has 1 aliphatic carbocycles. The molecular formula is C15H21NO3. The fraction of sp³-hybridized carbons (Fsp3) is 0.600. The third-order valence-corrected chi connectivity index (χ3v) is 3.73. The quantitative estimate of drug-likeness (QED) is 0.906. The van der Waals surface area contributed by atoms with E-state index >= 15 is 0 Å². The molecule has 1 aromatic rings. The molecule has 0 fully saturated rings. The summed E-state index contributed by atoms with van der Waals surface area (Å²) in [7, 11) is 0. The molecule has 104 valence electrons. The van der Waals surface area contributed by atoms with Gasteiger partial charge in [-0.05, 0) is 50.2 Å². The third kappa shape index (κ3) is 3.06. The van der Waals surface area contributed by atoms with Gasteiger partial charge in [0.1, 0.15) is 5.56 Å². The molecule has 1 N–H and O–H groups in total. The standard InChI is InChI=1S/C15H21NO3/c1-9(2)10(3)19-14-12(15(17)18)8-11-6-4-5-7-13(11)16-14/h8-10H,4-7H2,1-3H3,(H,17,18). The van der Waals surface area contributed by atoms with E-state index in [4.69, 9.17) is 4.74 Å². The predicted octanol–water partition coefficient (Wildman–Crippen LogP) is 3.08. The highest BCUT2D eigenvalue weighted by Gasteiger charge is 2.21. The van der Waals surface area contributed by atoms with Crippen molar-refractivity contribution in [2.75, 3.05) is 0 Å². The van der Waals surface area contributed by atoms with Gasteiger partial charge in [0, 0.05) is 5.69 Å². The first kappa shape index (κ1) is 13.8. The molecule has 0 radical (unpaired) electrons. The lowest BCUT2D eigenvalue weighted by molar-refractivity contribution is 0.0684. The van der Waals surface area contributed by atoms with Crippen molar-refractivity contribution in [1.29, 1.82) is 0 Å². The van der Waals surface area contributed by atoms with Gasteiger partial charge < -0.3 is 9.84 Å². The number of rotatable bonds is 4. The number of aromatic nitrogens is 1. The lowest BCUT2D eigenvalue weighted by Gasteiger charge is -2.21. The van der Waals surface area contributed by atoms with Crippen LogP contribution in [0.3, 0.4) is 0 Å². The van der Waals surface area contributed by atoms with Crippen molar-refractivity contribution in [3.05, 3.63) is 22.9 Å². The zero-order valence-corrected chi connectivity index (χ0v) is 11.8. The Morgan fingerprint density at radius 1 is 1.32 bits per heavy atom. The molecule has 2 rings (SSSR count). The Balaban J connectivity index is 2.37. The van der Waals surface area contributed by atoms with Gasteiger partial charge in [0.05, 0.1) is 6.10 Å². The van der Waals surface area contributed by atoms with Gasteiger partial charge in [0.25, 0.3) is 0 Å². The van der Waals surface area contributed by atoms with Gasteiger partial charge in [-0.3, -0.25) is 0 Å². The molecular weight excluding hydrogens is 242 g/mol. The highest BCUT2D eigenvalue weighted by Crippen LogP contribution is 2.27. The summed E-state index contributed by atoms with van der Waals surface area (Å²) in [5.41, 5.74) is 2.25. The molecule has 0 amide bonds. The van der Waals surface area contributed by atoms with Gasteiger partial charge in [-0.2, -0.15) is 0 Å². The summed E-state index contributed by atoms with van der Waals surface area (Å²) < 4.78 is 5.74.